The van der Waals surface area contributed by atoms with Crippen molar-refractivity contribution in [3.8, 4) is 0 Å². The van der Waals surface area contributed by atoms with E-state index in [9.17, 15) is 9.18 Å². The van der Waals surface area contributed by atoms with Gasteiger partial charge in [-0.05, 0) is 73.3 Å². The Balaban J connectivity index is 1.25. The third kappa shape index (κ3) is 2.96. The number of fused-ring (bicyclic) bond motifs is 4. The molecular formula is C22H25FN4O. The number of urea groups is 1. The second-order valence-corrected chi connectivity index (χ2v) is 8.77. The highest BCUT2D eigenvalue weighted by Crippen LogP contribution is 2.52. The first-order valence-electron chi connectivity index (χ1n) is 10.0. The molecule has 2 aromatic rings. The minimum absolute atomic E-state index is 0.0702. The van der Waals surface area contributed by atoms with E-state index in [0.29, 0.717) is 13.1 Å². The second-order valence-electron chi connectivity index (χ2n) is 8.77. The number of anilines is 1. The lowest BCUT2D eigenvalue weighted by Crippen LogP contribution is -2.53. The third-order valence-electron chi connectivity index (χ3n) is 7.07. The average Bonchev–Trinajstić information content (AvgIpc) is 3.13. The number of pyridine rings is 1. The number of amides is 2. The van der Waals surface area contributed by atoms with Crippen molar-refractivity contribution >= 4 is 11.7 Å². The van der Waals surface area contributed by atoms with Gasteiger partial charge in [-0.3, -0.25) is 4.98 Å². The van der Waals surface area contributed by atoms with Crippen LogP contribution in [0.2, 0.25) is 0 Å². The van der Waals surface area contributed by atoms with Crippen LogP contribution in [0.5, 0.6) is 0 Å². The molecule has 0 radical (unpaired) electrons. The van der Waals surface area contributed by atoms with Crippen LogP contribution in [0.4, 0.5) is 14.9 Å². The molecule has 3 N–H and O–H groups in total. The Morgan fingerprint density at radius 2 is 1.75 bits per heavy atom. The maximum atomic E-state index is 13.3. The number of hydrogen-bond acceptors (Lipinski definition) is 3. The molecule has 3 aliphatic carbocycles. The number of aromatic nitrogens is 1. The number of rotatable bonds is 2. The molecule has 1 aromatic carbocycles. The zero-order valence-corrected chi connectivity index (χ0v) is 15.9. The second kappa shape index (κ2) is 6.27. The van der Waals surface area contributed by atoms with Gasteiger partial charge in [-0.1, -0.05) is 12.1 Å². The van der Waals surface area contributed by atoms with Gasteiger partial charge in [0, 0.05) is 17.8 Å². The summed E-state index contributed by atoms with van der Waals surface area (Å²) in [7, 11) is 0. The van der Waals surface area contributed by atoms with Gasteiger partial charge in [0.05, 0.1) is 18.4 Å². The topological polar surface area (TPSA) is 71.2 Å². The molecule has 6 rings (SSSR count). The zero-order valence-electron chi connectivity index (χ0n) is 15.9. The van der Waals surface area contributed by atoms with E-state index in [0.717, 1.165) is 55.5 Å². The number of nitrogens with zero attached hydrogens (tertiary/aromatic N) is 2. The van der Waals surface area contributed by atoms with Crippen molar-refractivity contribution < 1.29 is 9.18 Å². The predicted molar refractivity (Wildman–Crippen MR) is 105 cm³/mol. The van der Waals surface area contributed by atoms with Crippen molar-refractivity contribution in [2.45, 2.75) is 62.6 Å². The Hall–Kier alpha value is -2.47. The highest BCUT2D eigenvalue weighted by atomic mass is 19.1. The Bertz CT molecular complexity index is 902. The van der Waals surface area contributed by atoms with Crippen molar-refractivity contribution in [2.75, 3.05) is 5.32 Å². The lowest BCUT2D eigenvalue weighted by molar-refractivity contribution is 0.107. The van der Waals surface area contributed by atoms with E-state index >= 15 is 0 Å². The van der Waals surface area contributed by atoms with E-state index < -0.39 is 0 Å². The highest BCUT2D eigenvalue weighted by molar-refractivity contribution is 5.89. The molecule has 0 spiro atoms. The van der Waals surface area contributed by atoms with Crippen LogP contribution in [0, 0.1) is 5.82 Å². The summed E-state index contributed by atoms with van der Waals surface area (Å²) in [5.74, 6) is -0.367. The normalized spacial score (nSPS) is 28.3. The number of hydrogen-bond donors (Lipinski definition) is 2. The van der Waals surface area contributed by atoms with Gasteiger partial charge in [-0.15, -0.1) is 0 Å². The molecule has 0 saturated heterocycles. The molecule has 5 nitrogen and oxygen atoms in total. The Morgan fingerprint density at radius 1 is 1.07 bits per heavy atom. The monoisotopic (exact) mass is 380 g/mol. The lowest BCUT2D eigenvalue weighted by Gasteiger charge is -2.52. The minimum Gasteiger partial charge on any atom is -0.325 e. The summed E-state index contributed by atoms with van der Waals surface area (Å²) in [4.78, 5) is 18.3. The maximum Gasteiger partial charge on any atom is 0.322 e. The van der Waals surface area contributed by atoms with E-state index in [2.05, 4.69) is 22.4 Å². The van der Waals surface area contributed by atoms with Crippen LogP contribution in [0.3, 0.4) is 0 Å². The molecule has 0 atom stereocenters. The smallest absolute Gasteiger partial charge is 0.322 e. The molecule has 1 aromatic heterocycles. The largest absolute Gasteiger partial charge is 0.325 e. The van der Waals surface area contributed by atoms with Crippen molar-refractivity contribution in [1.82, 2.24) is 9.88 Å². The van der Waals surface area contributed by atoms with Crippen LogP contribution in [0.1, 0.15) is 55.3 Å². The summed E-state index contributed by atoms with van der Waals surface area (Å²) in [6.45, 7) is 0.789. The summed E-state index contributed by atoms with van der Waals surface area (Å²) in [6.07, 6.45) is 7.99. The van der Waals surface area contributed by atoms with Crippen LogP contribution in [-0.2, 0) is 18.5 Å². The van der Waals surface area contributed by atoms with Crippen LogP contribution in [-0.4, -0.2) is 21.5 Å². The molecule has 0 unspecified atom stereocenters. The van der Waals surface area contributed by atoms with Gasteiger partial charge in [0.15, 0.2) is 0 Å². The van der Waals surface area contributed by atoms with Gasteiger partial charge in [0.25, 0.3) is 0 Å². The number of benzene rings is 1. The molecule has 6 heteroatoms. The molecule has 3 saturated carbocycles. The molecule has 2 amide bonds. The van der Waals surface area contributed by atoms with Crippen LogP contribution < -0.4 is 11.1 Å². The summed E-state index contributed by atoms with van der Waals surface area (Å²) in [5.41, 5.74) is 10.4. The van der Waals surface area contributed by atoms with E-state index in [-0.39, 0.29) is 22.8 Å². The molecule has 3 fully saturated rings. The van der Waals surface area contributed by atoms with Crippen LogP contribution >= 0.6 is 0 Å². The summed E-state index contributed by atoms with van der Waals surface area (Å²) < 4.78 is 13.3. The molecule has 2 bridgehead atoms. The van der Waals surface area contributed by atoms with Crippen LogP contribution in [0.15, 0.2) is 36.5 Å². The first-order chi connectivity index (χ1) is 13.4. The highest BCUT2D eigenvalue weighted by Gasteiger charge is 2.47. The maximum absolute atomic E-state index is 13.3. The van der Waals surface area contributed by atoms with Crippen molar-refractivity contribution in [3.05, 3.63) is 59.2 Å². The zero-order chi connectivity index (χ0) is 19.4. The van der Waals surface area contributed by atoms with E-state index in [4.69, 9.17) is 5.73 Å². The standard InChI is InChI=1S/C22H25FN4O/c23-17-11-15-13-27(14-19(15)25-12-17)20(28)26-18-3-1-16(2-4-18)21-5-8-22(24,9-6-21)10-7-21/h1-4,11-12H,5-10,13-14,24H2,(H,26,28). The number of halogens is 1. The summed E-state index contributed by atoms with van der Waals surface area (Å²) in [6, 6.07) is 9.55. The average molecular weight is 380 g/mol. The predicted octanol–water partition coefficient (Wildman–Crippen LogP) is 4.07. The number of carbonyl (C=O) groups is 1. The first-order valence-corrected chi connectivity index (χ1v) is 10.0. The van der Waals surface area contributed by atoms with Crippen molar-refractivity contribution in [1.29, 1.82) is 0 Å². The van der Waals surface area contributed by atoms with Crippen LogP contribution in [0.25, 0.3) is 0 Å². The van der Waals surface area contributed by atoms with Crippen molar-refractivity contribution in [3.63, 3.8) is 0 Å². The van der Waals surface area contributed by atoms with Gasteiger partial charge in [0.1, 0.15) is 5.82 Å². The molecule has 2 heterocycles. The van der Waals surface area contributed by atoms with Gasteiger partial charge in [-0.2, -0.15) is 0 Å². The fourth-order valence-electron chi connectivity index (χ4n) is 5.13. The van der Waals surface area contributed by atoms with Gasteiger partial charge < -0.3 is 16.0 Å². The number of carbonyl (C=O) groups excluding carboxylic acids is 1. The summed E-state index contributed by atoms with van der Waals surface area (Å²) >= 11 is 0. The van der Waals surface area contributed by atoms with E-state index in [1.807, 2.05) is 12.1 Å². The van der Waals surface area contributed by atoms with E-state index in [1.54, 1.807) is 4.90 Å². The fourth-order valence-corrected chi connectivity index (χ4v) is 5.13. The Kier molecular flexibility index (Phi) is 3.95. The van der Waals surface area contributed by atoms with Gasteiger partial charge in [-0.25, -0.2) is 9.18 Å². The lowest BCUT2D eigenvalue weighted by atomic mass is 9.55. The molecule has 1 aliphatic heterocycles. The third-order valence-corrected chi connectivity index (χ3v) is 7.07. The van der Waals surface area contributed by atoms with E-state index in [1.165, 1.54) is 17.8 Å². The fraction of sp³-hybridized carbons (Fsp3) is 0.455. The SMILES string of the molecule is NC12CCC(c3ccc(NC(=O)N4Cc5cc(F)cnc5C4)cc3)(CC1)CC2. The summed E-state index contributed by atoms with van der Waals surface area (Å²) in [5, 5.41) is 2.96. The van der Waals surface area contributed by atoms with Crippen molar-refractivity contribution in [2.24, 2.45) is 5.73 Å². The first kappa shape index (κ1) is 17.6. The molecule has 4 aliphatic rings. The quantitative estimate of drug-likeness (QED) is 0.825. The van der Waals surface area contributed by atoms with Gasteiger partial charge in [0.2, 0.25) is 0 Å². The Morgan fingerprint density at radius 3 is 2.43 bits per heavy atom. The molecule has 28 heavy (non-hydrogen) atoms. The molecular weight excluding hydrogens is 355 g/mol. The molecule has 146 valence electrons. The van der Waals surface area contributed by atoms with Gasteiger partial charge >= 0.3 is 6.03 Å². The minimum atomic E-state index is -0.367. The number of nitrogens with two attached hydrogens (primary N) is 1. The number of nitrogens with one attached hydrogen (secondary N) is 1. The Labute approximate surface area is 164 Å².